The molecule has 13 heavy (non-hydrogen) atoms. The summed E-state index contributed by atoms with van der Waals surface area (Å²) in [6.07, 6.45) is 2.05. The molecule has 0 aromatic carbocycles. The van der Waals surface area contributed by atoms with Crippen molar-refractivity contribution in [2.24, 2.45) is 16.8 Å². The summed E-state index contributed by atoms with van der Waals surface area (Å²) >= 11 is 0. The first kappa shape index (κ1) is 12.2. The molecule has 2 nitrogen and oxygen atoms in total. The van der Waals surface area contributed by atoms with Crippen molar-refractivity contribution in [3.63, 3.8) is 0 Å². The Balaban J connectivity index is 4.21. The third-order valence-corrected chi connectivity index (χ3v) is 2.15. The lowest BCUT2D eigenvalue weighted by atomic mass is 10.1. The summed E-state index contributed by atoms with van der Waals surface area (Å²) in [6, 6.07) is 0. The zero-order valence-electron chi connectivity index (χ0n) is 9.68. The van der Waals surface area contributed by atoms with Crippen molar-refractivity contribution in [2.45, 2.75) is 34.6 Å². The average Bonchev–Trinajstić information content (AvgIpc) is 2.04. The van der Waals surface area contributed by atoms with Gasteiger partial charge in [0.1, 0.15) is 5.84 Å². The molecule has 0 atom stereocenters. The van der Waals surface area contributed by atoms with Crippen molar-refractivity contribution in [3.8, 4) is 0 Å². The standard InChI is InChI=1S/C11H22N2/c1-8(2)10(5)7-13-11(12-6)9(3)4/h7-9H,1-6H3,(H,12,13)/b10-7+. The molecule has 0 saturated carbocycles. The summed E-state index contributed by atoms with van der Waals surface area (Å²) in [7, 11) is 1.82. The van der Waals surface area contributed by atoms with Crippen LogP contribution in [0.4, 0.5) is 0 Å². The molecule has 0 rings (SSSR count). The van der Waals surface area contributed by atoms with Crippen LogP contribution >= 0.6 is 0 Å². The van der Waals surface area contributed by atoms with Gasteiger partial charge in [-0.05, 0) is 12.8 Å². The Kier molecular flexibility index (Phi) is 5.44. The van der Waals surface area contributed by atoms with E-state index < -0.39 is 0 Å². The predicted molar refractivity (Wildman–Crippen MR) is 59.9 cm³/mol. The van der Waals surface area contributed by atoms with Crippen LogP contribution in [0, 0.1) is 11.8 Å². The monoisotopic (exact) mass is 182 g/mol. The number of rotatable bonds is 3. The van der Waals surface area contributed by atoms with Gasteiger partial charge in [-0.1, -0.05) is 33.3 Å². The molecule has 2 heteroatoms. The molecule has 0 heterocycles. The van der Waals surface area contributed by atoms with E-state index in [9.17, 15) is 0 Å². The Morgan fingerprint density at radius 1 is 1.15 bits per heavy atom. The molecule has 0 aromatic rings. The summed E-state index contributed by atoms with van der Waals surface area (Å²) in [4.78, 5) is 4.18. The molecular formula is C11H22N2. The highest BCUT2D eigenvalue weighted by Gasteiger charge is 2.02. The van der Waals surface area contributed by atoms with Crippen LogP contribution in [0.15, 0.2) is 16.8 Å². The van der Waals surface area contributed by atoms with Gasteiger partial charge in [-0.3, -0.25) is 4.99 Å². The summed E-state index contributed by atoms with van der Waals surface area (Å²) < 4.78 is 0. The minimum atomic E-state index is 0.459. The maximum absolute atomic E-state index is 4.18. The minimum absolute atomic E-state index is 0.459. The van der Waals surface area contributed by atoms with Crippen LogP contribution in [0.5, 0.6) is 0 Å². The first-order valence-electron chi connectivity index (χ1n) is 4.88. The van der Waals surface area contributed by atoms with E-state index in [4.69, 9.17) is 0 Å². The molecule has 0 fully saturated rings. The van der Waals surface area contributed by atoms with E-state index in [-0.39, 0.29) is 0 Å². The van der Waals surface area contributed by atoms with Crippen molar-refractivity contribution in [3.05, 3.63) is 11.8 Å². The Morgan fingerprint density at radius 2 is 1.69 bits per heavy atom. The SMILES string of the molecule is CN=C(N/C=C(\C)C(C)C)C(C)C. The Morgan fingerprint density at radius 3 is 2.00 bits per heavy atom. The highest BCUT2D eigenvalue weighted by Crippen LogP contribution is 2.06. The van der Waals surface area contributed by atoms with Gasteiger partial charge in [-0.15, -0.1) is 0 Å². The van der Waals surface area contributed by atoms with Gasteiger partial charge < -0.3 is 5.32 Å². The predicted octanol–water partition coefficient (Wildman–Crippen LogP) is 2.82. The Labute approximate surface area is 82.1 Å². The molecule has 76 valence electrons. The molecule has 0 aliphatic carbocycles. The molecule has 0 saturated heterocycles. The largest absolute Gasteiger partial charge is 0.350 e. The maximum atomic E-state index is 4.18. The number of nitrogens with one attached hydrogen (secondary N) is 1. The van der Waals surface area contributed by atoms with Crippen LogP contribution in [0.3, 0.4) is 0 Å². The third kappa shape index (κ3) is 4.71. The number of aliphatic imine (C=N–C) groups is 1. The number of hydrogen-bond acceptors (Lipinski definition) is 1. The van der Waals surface area contributed by atoms with Gasteiger partial charge in [0.25, 0.3) is 0 Å². The van der Waals surface area contributed by atoms with Gasteiger partial charge >= 0.3 is 0 Å². The van der Waals surface area contributed by atoms with Gasteiger partial charge in [0.05, 0.1) is 0 Å². The van der Waals surface area contributed by atoms with Gasteiger partial charge in [0.2, 0.25) is 0 Å². The Hall–Kier alpha value is -0.790. The van der Waals surface area contributed by atoms with Crippen molar-refractivity contribution >= 4 is 5.84 Å². The zero-order valence-corrected chi connectivity index (χ0v) is 9.68. The number of hydrogen-bond donors (Lipinski definition) is 1. The fourth-order valence-electron chi connectivity index (χ4n) is 0.844. The molecule has 0 aromatic heterocycles. The van der Waals surface area contributed by atoms with Gasteiger partial charge in [-0.25, -0.2) is 0 Å². The van der Waals surface area contributed by atoms with Crippen LogP contribution < -0.4 is 5.32 Å². The topological polar surface area (TPSA) is 24.4 Å². The summed E-state index contributed by atoms with van der Waals surface area (Å²) in [5.74, 6) is 2.10. The fraction of sp³-hybridized carbons (Fsp3) is 0.727. The highest BCUT2D eigenvalue weighted by molar-refractivity contribution is 5.84. The summed E-state index contributed by atoms with van der Waals surface area (Å²) in [5.41, 5.74) is 1.35. The van der Waals surface area contributed by atoms with Crippen molar-refractivity contribution in [2.75, 3.05) is 7.05 Å². The van der Waals surface area contributed by atoms with Crippen LogP contribution in [0.2, 0.25) is 0 Å². The van der Waals surface area contributed by atoms with E-state index in [0.29, 0.717) is 11.8 Å². The molecular weight excluding hydrogens is 160 g/mol. The van der Waals surface area contributed by atoms with Gasteiger partial charge in [-0.2, -0.15) is 0 Å². The zero-order chi connectivity index (χ0) is 10.4. The smallest absolute Gasteiger partial charge is 0.102 e. The summed E-state index contributed by atoms with van der Waals surface area (Å²) in [5, 5.41) is 3.24. The van der Waals surface area contributed by atoms with E-state index in [1.54, 1.807) is 0 Å². The van der Waals surface area contributed by atoms with Crippen LogP contribution in [-0.4, -0.2) is 12.9 Å². The number of allylic oxidation sites excluding steroid dienone is 1. The third-order valence-electron chi connectivity index (χ3n) is 2.15. The van der Waals surface area contributed by atoms with E-state index in [0.717, 1.165) is 5.84 Å². The van der Waals surface area contributed by atoms with Crippen molar-refractivity contribution < 1.29 is 0 Å². The lowest BCUT2D eigenvalue weighted by Crippen LogP contribution is -2.23. The average molecular weight is 182 g/mol. The van der Waals surface area contributed by atoms with Crippen LogP contribution in [-0.2, 0) is 0 Å². The molecule has 0 aliphatic rings. The molecule has 0 unspecified atom stereocenters. The highest BCUT2D eigenvalue weighted by atomic mass is 15.0. The molecule has 0 amide bonds. The molecule has 0 spiro atoms. The number of amidine groups is 1. The lowest BCUT2D eigenvalue weighted by molar-refractivity contribution is 0.757. The number of nitrogens with zero attached hydrogens (tertiary/aromatic N) is 1. The van der Waals surface area contributed by atoms with E-state index in [1.807, 2.05) is 13.2 Å². The van der Waals surface area contributed by atoms with E-state index in [2.05, 4.69) is 44.9 Å². The normalized spacial score (nSPS) is 14.2. The second-order valence-electron chi connectivity index (χ2n) is 3.95. The van der Waals surface area contributed by atoms with Crippen LogP contribution in [0.1, 0.15) is 34.6 Å². The van der Waals surface area contributed by atoms with Gasteiger partial charge in [0, 0.05) is 19.2 Å². The van der Waals surface area contributed by atoms with Crippen molar-refractivity contribution in [1.82, 2.24) is 5.32 Å². The van der Waals surface area contributed by atoms with Crippen molar-refractivity contribution in [1.29, 1.82) is 0 Å². The molecule has 0 aliphatic heterocycles. The quantitative estimate of drug-likeness (QED) is 0.527. The summed E-state index contributed by atoms with van der Waals surface area (Å²) in [6.45, 7) is 10.8. The molecule has 1 N–H and O–H groups in total. The maximum Gasteiger partial charge on any atom is 0.102 e. The first-order chi connectivity index (χ1) is 5.99. The van der Waals surface area contributed by atoms with Crippen LogP contribution in [0.25, 0.3) is 0 Å². The minimum Gasteiger partial charge on any atom is -0.350 e. The second kappa shape index (κ2) is 5.79. The van der Waals surface area contributed by atoms with E-state index >= 15 is 0 Å². The molecule has 0 bridgehead atoms. The Bertz CT molecular complexity index is 200. The first-order valence-corrected chi connectivity index (χ1v) is 4.88. The van der Waals surface area contributed by atoms with Gasteiger partial charge in [0.15, 0.2) is 0 Å². The van der Waals surface area contributed by atoms with E-state index in [1.165, 1.54) is 5.57 Å². The lowest BCUT2D eigenvalue weighted by Gasteiger charge is -2.11. The molecule has 0 radical (unpaired) electrons. The second-order valence-corrected chi connectivity index (χ2v) is 3.95. The fourth-order valence-corrected chi connectivity index (χ4v) is 0.844.